The highest BCUT2D eigenvalue weighted by atomic mass is 127. The number of ether oxygens (including phenoxy) is 2. The van der Waals surface area contributed by atoms with Gasteiger partial charge in [-0.25, -0.2) is 4.98 Å². The van der Waals surface area contributed by atoms with Crippen LogP contribution in [-0.2, 0) is 11.3 Å². The zero-order valence-corrected chi connectivity index (χ0v) is 16.6. The topological polar surface area (TPSA) is 67.8 Å². The van der Waals surface area contributed by atoms with Crippen molar-refractivity contribution in [2.45, 2.75) is 32.7 Å². The fourth-order valence-corrected chi connectivity index (χ4v) is 1.87. The van der Waals surface area contributed by atoms with Crippen LogP contribution in [0.5, 0.6) is 5.88 Å². The number of pyridine rings is 1. The summed E-state index contributed by atoms with van der Waals surface area (Å²) in [5.74, 6) is 1.40. The molecule has 7 heteroatoms. The first-order valence-corrected chi connectivity index (χ1v) is 7.82. The Labute approximate surface area is 156 Å². The van der Waals surface area contributed by atoms with Gasteiger partial charge >= 0.3 is 0 Å². The van der Waals surface area contributed by atoms with E-state index in [9.17, 15) is 0 Å². The minimum Gasteiger partial charge on any atom is -0.481 e. The lowest BCUT2D eigenvalue weighted by molar-refractivity contribution is 0.129. The molecule has 0 radical (unpaired) electrons. The minimum absolute atomic E-state index is 0. The lowest BCUT2D eigenvalue weighted by atomic mass is 10.2. The van der Waals surface area contributed by atoms with Crippen LogP contribution in [0.1, 0.15) is 31.7 Å². The third-order valence-corrected chi connectivity index (χ3v) is 3.11. The lowest BCUT2D eigenvalue weighted by Gasteiger charge is -2.13. The van der Waals surface area contributed by atoms with Gasteiger partial charge in [0.15, 0.2) is 5.96 Å². The largest absolute Gasteiger partial charge is 0.481 e. The quantitative estimate of drug-likeness (QED) is 0.256. The Morgan fingerprint density at radius 2 is 2.04 bits per heavy atom. The average Bonchev–Trinajstić information content (AvgIpc) is 2.57. The maximum Gasteiger partial charge on any atom is 0.218 e. The molecule has 23 heavy (non-hydrogen) atoms. The molecule has 2 N–H and O–H groups in total. The summed E-state index contributed by atoms with van der Waals surface area (Å²) < 4.78 is 10.8. The van der Waals surface area contributed by atoms with Gasteiger partial charge in [0.2, 0.25) is 5.88 Å². The van der Waals surface area contributed by atoms with E-state index in [0.717, 1.165) is 44.1 Å². The first-order chi connectivity index (χ1) is 10.8. The number of aliphatic imine (C=N–C) groups is 1. The number of hydrogen-bond donors (Lipinski definition) is 2. The van der Waals surface area contributed by atoms with Gasteiger partial charge in [0.25, 0.3) is 0 Å². The van der Waals surface area contributed by atoms with Gasteiger partial charge in [0.1, 0.15) is 0 Å². The number of methoxy groups -OCH3 is 1. The highest BCUT2D eigenvalue weighted by Gasteiger charge is 2.04. The summed E-state index contributed by atoms with van der Waals surface area (Å²) in [6.45, 7) is 5.24. The molecule has 132 valence electrons. The lowest BCUT2D eigenvalue weighted by Crippen LogP contribution is -2.37. The number of aromatic nitrogens is 1. The normalized spacial score (nSPS) is 10.8. The summed E-state index contributed by atoms with van der Waals surface area (Å²) >= 11 is 0. The molecule has 1 aromatic heterocycles. The molecular weight excluding hydrogens is 407 g/mol. The van der Waals surface area contributed by atoms with Gasteiger partial charge in [-0.05, 0) is 18.9 Å². The predicted molar refractivity (Wildman–Crippen MR) is 105 cm³/mol. The molecule has 0 aliphatic rings. The summed E-state index contributed by atoms with van der Waals surface area (Å²) in [6.07, 6.45) is 4.98. The van der Waals surface area contributed by atoms with Gasteiger partial charge in [-0.1, -0.05) is 19.4 Å². The molecule has 0 aliphatic carbocycles. The first kappa shape index (κ1) is 21.9. The zero-order chi connectivity index (χ0) is 16.0. The van der Waals surface area contributed by atoms with E-state index in [2.05, 4.69) is 27.5 Å². The van der Waals surface area contributed by atoms with Crippen LogP contribution < -0.4 is 15.4 Å². The Morgan fingerprint density at radius 3 is 2.74 bits per heavy atom. The second-order valence-corrected chi connectivity index (χ2v) is 4.84. The SMILES string of the molecule is CCCCOCCCNC(=NC)NCc1cccnc1OC.I. The second kappa shape index (κ2) is 14.5. The monoisotopic (exact) mass is 436 g/mol. The van der Waals surface area contributed by atoms with Crippen LogP contribution >= 0.6 is 24.0 Å². The van der Waals surface area contributed by atoms with E-state index < -0.39 is 0 Å². The number of guanidine groups is 1. The fourth-order valence-electron chi connectivity index (χ4n) is 1.87. The van der Waals surface area contributed by atoms with E-state index in [-0.39, 0.29) is 24.0 Å². The Balaban J connectivity index is 0.00000484. The fraction of sp³-hybridized carbons (Fsp3) is 0.625. The maximum atomic E-state index is 5.52. The van der Waals surface area contributed by atoms with Crippen molar-refractivity contribution in [3.05, 3.63) is 23.9 Å². The molecule has 0 amide bonds. The van der Waals surface area contributed by atoms with Crippen molar-refractivity contribution in [1.82, 2.24) is 15.6 Å². The van der Waals surface area contributed by atoms with Crippen LogP contribution in [-0.4, -0.2) is 44.9 Å². The van der Waals surface area contributed by atoms with E-state index in [0.29, 0.717) is 12.4 Å². The zero-order valence-electron chi connectivity index (χ0n) is 14.3. The van der Waals surface area contributed by atoms with Gasteiger partial charge in [0, 0.05) is 45.1 Å². The molecule has 0 saturated carbocycles. The molecule has 1 heterocycles. The molecule has 1 rings (SSSR count). The van der Waals surface area contributed by atoms with Gasteiger partial charge in [-0.2, -0.15) is 0 Å². The van der Waals surface area contributed by atoms with Crippen molar-refractivity contribution < 1.29 is 9.47 Å². The van der Waals surface area contributed by atoms with Crippen LogP contribution in [0.15, 0.2) is 23.3 Å². The van der Waals surface area contributed by atoms with Gasteiger partial charge in [-0.15, -0.1) is 24.0 Å². The number of nitrogens with one attached hydrogen (secondary N) is 2. The van der Waals surface area contributed by atoms with Crippen LogP contribution in [0, 0.1) is 0 Å². The molecular formula is C16H29IN4O2. The molecule has 6 nitrogen and oxygen atoms in total. The third kappa shape index (κ3) is 9.60. The molecule has 0 aromatic carbocycles. The highest BCUT2D eigenvalue weighted by molar-refractivity contribution is 14.0. The predicted octanol–water partition coefficient (Wildman–Crippen LogP) is 2.58. The van der Waals surface area contributed by atoms with E-state index in [1.807, 2.05) is 12.1 Å². The van der Waals surface area contributed by atoms with Gasteiger partial charge in [0.05, 0.1) is 7.11 Å². The van der Waals surface area contributed by atoms with Crippen LogP contribution in [0.4, 0.5) is 0 Å². The van der Waals surface area contributed by atoms with Crippen molar-refractivity contribution in [2.75, 3.05) is 33.9 Å². The molecule has 0 unspecified atom stereocenters. The summed E-state index contributed by atoms with van der Waals surface area (Å²) in [4.78, 5) is 8.37. The summed E-state index contributed by atoms with van der Waals surface area (Å²) in [6, 6.07) is 3.87. The number of nitrogens with zero attached hydrogens (tertiary/aromatic N) is 2. The molecule has 0 saturated heterocycles. The molecule has 0 bridgehead atoms. The van der Waals surface area contributed by atoms with E-state index in [1.165, 1.54) is 6.42 Å². The molecule has 0 aliphatic heterocycles. The maximum absolute atomic E-state index is 5.52. The third-order valence-electron chi connectivity index (χ3n) is 3.11. The smallest absolute Gasteiger partial charge is 0.218 e. The average molecular weight is 436 g/mol. The summed E-state index contributed by atoms with van der Waals surface area (Å²) in [5, 5.41) is 6.52. The standard InChI is InChI=1S/C16H28N4O2.HI/c1-4-5-11-22-12-7-10-19-16(17-2)20-13-14-8-6-9-18-15(14)21-3;/h6,8-9H,4-5,7,10-13H2,1-3H3,(H2,17,19,20);1H. The number of hydrogen-bond acceptors (Lipinski definition) is 4. The molecule has 1 aromatic rings. The number of rotatable bonds is 10. The van der Waals surface area contributed by atoms with Crippen molar-refractivity contribution in [3.63, 3.8) is 0 Å². The van der Waals surface area contributed by atoms with E-state index >= 15 is 0 Å². The second-order valence-electron chi connectivity index (χ2n) is 4.84. The van der Waals surface area contributed by atoms with Crippen molar-refractivity contribution in [1.29, 1.82) is 0 Å². The number of unbranched alkanes of at least 4 members (excludes halogenated alkanes) is 1. The van der Waals surface area contributed by atoms with E-state index in [1.54, 1.807) is 20.4 Å². The van der Waals surface area contributed by atoms with Gasteiger partial charge in [-0.3, -0.25) is 4.99 Å². The Bertz CT molecular complexity index is 444. The van der Waals surface area contributed by atoms with E-state index in [4.69, 9.17) is 9.47 Å². The summed E-state index contributed by atoms with van der Waals surface area (Å²) in [7, 11) is 3.38. The number of halogens is 1. The Kier molecular flexibility index (Phi) is 13.8. The first-order valence-electron chi connectivity index (χ1n) is 7.82. The van der Waals surface area contributed by atoms with Crippen LogP contribution in [0.2, 0.25) is 0 Å². The van der Waals surface area contributed by atoms with Crippen LogP contribution in [0.25, 0.3) is 0 Å². The summed E-state index contributed by atoms with van der Waals surface area (Å²) in [5.41, 5.74) is 0.996. The molecule has 0 atom stereocenters. The van der Waals surface area contributed by atoms with Gasteiger partial charge < -0.3 is 20.1 Å². The highest BCUT2D eigenvalue weighted by Crippen LogP contribution is 2.12. The molecule has 0 spiro atoms. The van der Waals surface area contributed by atoms with Crippen molar-refractivity contribution in [3.8, 4) is 5.88 Å². The van der Waals surface area contributed by atoms with Crippen molar-refractivity contribution >= 4 is 29.9 Å². The Hall–Kier alpha value is -1.09. The van der Waals surface area contributed by atoms with Crippen molar-refractivity contribution in [2.24, 2.45) is 4.99 Å². The van der Waals surface area contributed by atoms with Crippen LogP contribution in [0.3, 0.4) is 0 Å². The minimum atomic E-state index is 0. The molecule has 0 fully saturated rings. The Morgan fingerprint density at radius 1 is 1.26 bits per heavy atom.